The molecule has 0 radical (unpaired) electrons. The second-order valence-electron chi connectivity index (χ2n) is 5.68. The van der Waals surface area contributed by atoms with Gasteiger partial charge in [-0.2, -0.15) is 0 Å². The van der Waals surface area contributed by atoms with Crippen LogP contribution in [0.5, 0.6) is 0 Å². The summed E-state index contributed by atoms with van der Waals surface area (Å²) < 4.78 is 0. The van der Waals surface area contributed by atoms with Gasteiger partial charge in [-0.15, -0.1) is 12.4 Å². The van der Waals surface area contributed by atoms with Gasteiger partial charge in [-0.05, 0) is 18.5 Å². The number of carbonyl (C=O) groups is 1. The third kappa shape index (κ3) is 3.59. The molecule has 0 aromatic heterocycles. The minimum Gasteiger partial charge on any atom is -0.394 e. The van der Waals surface area contributed by atoms with Crippen LogP contribution in [0, 0.1) is 5.92 Å². The van der Waals surface area contributed by atoms with Gasteiger partial charge in [-0.25, -0.2) is 5.43 Å². The quantitative estimate of drug-likeness (QED) is 0.525. The van der Waals surface area contributed by atoms with Crippen molar-refractivity contribution < 1.29 is 9.90 Å². The first kappa shape index (κ1) is 17.2. The van der Waals surface area contributed by atoms with Crippen molar-refractivity contribution in [3.05, 3.63) is 35.9 Å². The van der Waals surface area contributed by atoms with E-state index in [0.717, 1.165) is 25.1 Å². The Balaban J connectivity index is 0.00000176. The van der Waals surface area contributed by atoms with E-state index in [0.29, 0.717) is 6.04 Å². The summed E-state index contributed by atoms with van der Waals surface area (Å²) in [5, 5.41) is 15.8. The molecule has 3 unspecified atom stereocenters. The highest BCUT2D eigenvalue weighted by molar-refractivity contribution is 5.85. The Morgan fingerprint density at radius 1 is 1.32 bits per heavy atom. The summed E-state index contributed by atoms with van der Waals surface area (Å²) in [5.74, 6) is 0.176. The average Bonchev–Trinajstić information content (AvgIpc) is 2.97. The molecule has 4 atom stereocenters. The Morgan fingerprint density at radius 3 is 2.82 bits per heavy atom. The Morgan fingerprint density at radius 2 is 2.09 bits per heavy atom. The molecular weight excluding hydrogens is 304 g/mol. The standard InChI is InChI=1S/C15H22N4O2.ClH/c20-9-13(10-4-2-1-3-5-10)17-15(21)14-11-8-16-7-6-12(11)18-19-14;/h1-5,11-14,16,18-20H,6-9H2,(H,17,21);1H/t11?,12?,13-,14?;/m1./s1. The summed E-state index contributed by atoms with van der Waals surface area (Å²) in [6.07, 6.45) is 1.02. The number of aliphatic hydroxyl groups is 1. The highest BCUT2D eigenvalue weighted by Gasteiger charge is 2.41. The summed E-state index contributed by atoms with van der Waals surface area (Å²) in [6, 6.07) is 9.25. The van der Waals surface area contributed by atoms with Gasteiger partial charge in [0.1, 0.15) is 6.04 Å². The van der Waals surface area contributed by atoms with Gasteiger partial charge in [0.2, 0.25) is 5.91 Å². The third-order valence-corrected chi connectivity index (χ3v) is 4.36. The Labute approximate surface area is 136 Å². The van der Waals surface area contributed by atoms with E-state index in [1.165, 1.54) is 0 Å². The minimum atomic E-state index is -0.365. The lowest BCUT2D eigenvalue weighted by atomic mass is 9.89. The average molecular weight is 327 g/mol. The lowest BCUT2D eigenvalue weighted by Crippen LogP contribution is -2.50. The van der Waals surface area contributed by atoms with E-state index in [4.69, 9.17) is 0 Å². The molecule has 1 aromatic rings. The third-order valence-electron chi connectivity index (χ3n) is 4.36. The molecule has 2 aliphatic heterocycles. The fraction of sp³-hybridized carbons (Fsp3) is 0.533. The SMILES string of the molecule is Cl.O=C(N[C@H](CO)c1ccccc1)C1NNC2CCNCC21. The number of hydrazine groups is 1. The van der Waals surface area contributed by atoms with Crippen LogP contribution in [0.1, 0.15) is 18.0 Å². The molecule has 5 N–H and O–H groups in total. The molecule has 2 aliphatic rings. The van der Waals surface area contributed by atoms with Crippen molar-refractivity contribution in [3.8, 4) is 0 Å². The van der Waals surface area contributed by atoms with Gasteiger partial charge in [0, 0.05) is 18.5 Å². The number of halogens is 1. The number of carbonyl (C=O) groups excluding carboxylic acids is 1. The summed E-state index contributed by atoms with van der Waals surface area (Å²) in [4.78, 5) is 12.5. The van der Waals surface area contributed by atoms with E-state index in [2.05, 4.69) is 21.5 Å². The molecular formula is C15H23ClN4O2. The number of piperidine rings is 1. The highest BCUT2D eigenvalue weighted by atomic mass is 35.5. The summed E-state index contributed by atoms with van der Waals surface area (Å²) >= 11 is 0. The van der Waals surface area contributed by atoms with Crippen LogP contribution >= 0.6 is 12.4 Å². The lowest BCUT2D eigenvalue weighted by molar-refractivity contribution is -0.125. The van der Waals surface area contributed by atoms with Gasteiger partial charge in [0.15, 0.2) is 0 Å². The molecule has 3 rings (SSSR count). The van der Waals surface area contributed by atoms with Gasteiger partial charge >= 0.3 is 0 Å². The number of amides is 1. The second kappa shape index (κ2) is 7.89. The number of nitrogens with one attached hydrogen (secondary N) is 4. The minimum absolute atomic E-state index is 0. The van der Waals surface area contributed by atoms with Crippen LogP contribution < -0.4 is 21.5 Å². The van der Waals surface area contributed by atoms with Crippen LogP contribution in [-0.2, 0) is 4.79 Å². The zero-order chi connectivity index (χ0) is 14.7. The normalized spacial score (nSPS) is 28.3. The van der Waals surface area contributed by atoms with Crippen molar-refractivity contribution in [2.45, 2.75) is 24.5 Å². The second-order valence-corrected chi connectivity index (χ2v) is 5.68. The molecule has 7 heteroatoms. The maximum atomic E-state index is 12.5. The monoisotopic (exact) mass is 326 g/mol. The van der Waals surface area contributed by atoms with E-state index >= 15 is 0 Å². The van der Waals surface area contributed by atoms with Gasteiger partial charge in [0.25, 0.3) is 0 Å². The number of rotatable bonds is 4. The predicted molar refractivity (Wildman–Crippen MR) is 86.5 cm³/mol. The van der Waals surface area contributed by atoms with Crippen molar-refractivity contribution in [1.29, 1.82) is 0 Å². The number of hydrogen-bond acceptors (Lipinski definition) is 5. The van der Waals surface area contributed by atoms with Gasteiger partial charge in [0.05, 0.1) is 12.6 Å². The molecule has 1 aromatic carbocycles. The van der Waals surface area contributed by atoms with E-state index in [1.54, 1.807) is 0 Å². The number of hydrogen-bond donors (Lipinski definition) is 5. The first-order chi connectivity index (χ1) is 10.3. The van der Waals surface area contributed by atoms with Crippen LogP contribution in [0.3, 0.4) is 0 Å². The highest BCUT2D eigenvalue weighted by Crippen LogP contribution is 2.21. The Bertz CT molecular complexity index is 488. The summed E-state index contributed by atoms with van der Waals surface area (Å²) in [5.41, 5.74) is 7.22. The molecule has 2 fully saturated rings. The topological polar surface area (TPSA) is 85.4 Å². The zero-order valence-electron chi connectivity index (χ0n) is 12.3. The first-order valence-electron chi connectivity index (χ1n) is 7.47. The van der Waals surface area contributed by atoms with Gasteiger partial charge < -0.3 is 15.7 Å². The number of fused-ring (bicyclic) bond motifs is 1. The van der Waals surface area contributed by atoms with Crippen molar-refractivity contribution in [1.82, 2.24) is 21.5 Å². The maximum absolute atomic E-state index is 12.5. The van der Waals surface area contributed by atoms with Crippen molar-refractivity contribution in [2.75, 3.05) is 19.7 Å². The lowest BCUT2D eigenvalue weighted by Gasteiger charge is -2.28. The molecule has 0 bridgehead atoms. The van der Waals surface area contributed by atoms with E-state index in [-0.39, 0.29) is 42.9 Å². The number of benzene rings is 1. The summed E-state index contributed by atoms with van der Waals surface area (Å²) in [6.45, 7) is 1.70. The molecule has 0 spiro atoms. The predicted octanol–water partition coefficient (Wildman–Crippen LogP) is -0.287. The first-order valence-corrected chi connectivity index (χ1v) is 7.47. The molecule has 6 nitrogen and oxygen atoms in total. The Hall–Kier alpha value is -1.18. The van der Waals surface area contributed by atoms with Crippen LogP contribution in [0.2, 0.25) is 0 Å². The van der Waals surface area contributed by atoms with Crippen LogP contribution in [0.15, 0.2) is 30.3 Å². The maximum Gasteiger partial charge on any atom is 0.239 e. The molecule has 22 heavy (non-hydrogen) atoms. The van der Waals surface area contributed by atoms with E-state index < -0.39 is 0 Å². The molecule has 2 saturated heterocycles. The van der Waals surface area contributed by atoms with Crippen LogP contribution in [0.25, 0.3) is 0 Å². The van der Waals surface area contributed by atoms with Crippen LogP contribution in [0.4, 0.5) is 0 Å². The Kier molecular flexibility index (Phi) is 6.16. The molecule has 0 aliphatic carbocycles. The number of aliphatic hydroxyl groups excluding tert-OH is 1. The van der Waals surface area contributed by atoms with Gasteiger partial charge in [-0.3, -0.25) is 10.2 Å². The zero-order valence-corrected chi connectivity index (χ0v) is 13.1. The van der Waals surface area contributed by atoms with Crippen molar-refractivity contribution in [3.63, 3.8) is 0 Å². The molecule has 122 valence electrons. The van der Waals surface area contributed by atoms with E-state index in [1.807, 2.05) is 30.3 Å². The van der Waals surface area contributed by atoms with Crippen LogP contribution in [-0.4, -0.2) is 42.8 Å². The largest absolute Gasteiger partial charge is 0.394 e. The van der Waals surface area contributed by atoms with Crippen molar-refractivity contribution in [2.24, 2.45) is 5.92 Å². The fourth-order valence-electron chi connectivity index (χ4n) is 3.16. The fourth-order valence-corrected chi connectivity index (χ4v) is 3.16. The van der Waals surface area contributed by atoms with Gasteiger partial charge in [-0.1, -0.05) is 30.3 Å². The molecule has 2 heterocycles. The summed E-state index contributed by atoms with van der Waals surface area (Å²) in [7, 11) is 0. The smallest absolute Gasteiger partial charge is 0.239 e. The molecule has 1 amide bonds. The van der Waals surface area contributed by atoms with E-state index in [9.17, 15) is 9.90 Å². The molecule has 0 saturated carbocycles. The van der Waals surface area contributed by atoms with Crippen molar-refractivity contribution >= 4 is 18.3 Å².